The number of unbranched alkanes of at least 4 members (excludes halogenated alkanes) is 2. The minimum atomic E-state index is -1.26. The van der Waals surface area contributed by atoms with Crippen molar-refractivity contribution >= 4 is 11.9 Å². The van der Waals surface area contributed by atoms with E-state index in [-0.39, 0.29) is 18.8 Å². The molecule has 3 aromatic carbocycles. The van der Waals surface area contributed by atoms with Gasteiger partial charge in [-0.15, -0.1) is 0 Å². The van der Waals surface area contributed by atoms with Gasteiger partial charge in [-0.05, 0) is 54.3 Å². The van der Waals surface area contributed by atoms with Crippen LogP contribution in [0, 0.1) is 6.92 Å². The van der Waals surface area contributed by atoms with Crippen molar-refractivity contribution in [3.05, 3.63) is 128 Å². The van der Waals surface area contributed by atoms with E-state index in [1.54, 1.807) is 21.1 Å². The molecule has 0 saturated carbocycles. The van der Waals surface area contributed by atoms with Crippen molar-refractivity contribution in [1.29, 1.82) is 0 Å². The predicted molar refractivity (Wildman–Crippen MR) is 194 cm³/mol. The normalized spacial score (nSPS) is 18.4. The Kier molecular flexibility index (Phi) is 13.2. The van der Waals surface area contributed by atoms with Crippen LogP contribution in [0.5, 0.6) is 11.5 Å². The third-order valence-electron chi connectivity index (χ3n) is 9.21. The van der Waals surface area contributed by atoms with Crippen molar-refractivity contribution in [2.24, 2.45) is 0 Å². The molecule has 13 heteroatoms. The molecule has 13 nitrogen and oxygen atoms in total. The molecule has 0 aliphatic carbocycles. The molecule has 0 amide bonds. The van der Waals surface area contributed by atoms with Crippen molar-refractivity contribution in [2.45, 2.75) is 76.1 Å². The summed E-state index contributed by atoms with van der Waals surface area (Å²) in [5.74, 6) is -0.647. The van der Waals surface area contributed by atoms with Crippen LogP contribution in [0.25, 0.3) is 0 Å². The minimum absolute atomic E-state index is 0.188. The van der Waals surface area contributed by atoms with Crippen LogP contribution >= 0.6 is 0 Å². The lowest BCUT2D eigenvalue weighted by atomic mass is 9.80. The Morgan fingerprint density at radius 1 is 0.849 bits per heavy atom. The number of benzene rings is 3. The number of aryl methyl sites for hydroxylation is 1. The van der Waals surface area contributed by atoms with Crippen LogP contribution < -0.4 is 20.7 Å². The molecule has 1 fully saturated rings. The number of hydrogen-bond donors (Lipinski definition) is 2. The molecule has 1 aliphatic heterocycles. The average molecular weight is 731 g/mol. The largest absolute Gasteiger partial charge is 0.497 e. The Labute approximate surface area is 307 Å². The van der Waals surface area contributed by atoms with Crippen LogP contribution in [0.4, 0.5) is 0 Å². The van der Waals surface area contributed by atoms with Crippen molar-refractivity contribution < 1.29 is 43.1 Å². The highest BCUT2D eigenvalue weighted by Crippen LogP contribution is 2.43. The predicted octanol–water partition coefficient (Wildman–Crippen LogP) is 5.12. The number of aromatic amines is 1. The van der Waals surface area contributed by atoms with E-state index in [0.717, 1.165) is 29.5 Å². The smallest absolute Gasteiger partial charge is 0.330 e. The second-order valence-corrected chi connectivity index (χ2v) is 12.7. The number of carbonyl (C=O) groups is 2. The Hall–Kier alpha value is -5.24. The minimum Gasteiger partial charge on any atom is -0.497 e. The average Bonchev–Trinajstić information content (AvgIpc) is 3.50. The quantitative estimate of drug-likeness (QED) is 0.0793. The molecule has 1 aromatic heterocycles. The zero-order chi connectivity index (χ0) is 38.0. The van der Waals surface area contributed by atoms with Gasteiger partial charge in [-0.1, -0.05) is 74.4 Å². The molecule has 2 heterocycles. The summed E-state index contributed by atoms with van der Waals surface area (Å²) in [6.07, 6.45) is -1.30. The Morgan fingerprint density at radius 2 is 1.45 bits per heavy atom. The van der Waals surface area contributed by atoms with Gasteiger partial charge in [0.1, 0.15) is 29.3 Å². The number of aliphatic carboxylic acids is 1. The topological polar surface area (TPSA) is 165 Å². The van der Waals surface area contributed by atoms with Crippen molar-refractivity contribution in [2.75, 3.05) is 27.4 Å². The molecule has 1 unspecified atom stereocenters. The van der Waals surface area contributed by atoms with E-state index in [2.05, 4.69) is 11.9 Å². The number of hydrogen-bond acceptors (Lipinski definition) is 10. The van der Waals surface area contributed by atoms with Crippen LogP contribution in [0.3, 0.4) is 0 Å². The molecule has 2 N–H and O–H groups in total. The lowest BCUT2D eigenvalue weighted by Gasteiger charge is -2.37. The van der Waals surface area contributed by atoms with Gasteiger partial charge in [-0.25, -0.2) is 4.79 Å². The first-order valence-electron chi connectivity index (χ1n) is 17.6. The number of nitrogens with one attached hydrogen (secondary N) is 1. The monoisotopic (exact) mass is 730 g/mol. The fraction of sp³-hybridized carbons (Fsp3) is 0.400. The number of carbonyl (C=O) groups excluding carboxylic acids is 1. The van der Waals surface area contributed by atoms with Crippen LogP contribution in [0.1, 0.15) is 67.5 Å². The number of nitrogens with zero attached hydrogens (tertiary/aromatic N) is 1. The summed E-state index contributed by atoms with van der Waals surface area (Å²) < 4.78 is 38.1. The fourth-order valence-electron chi connectivity index (χ4n) is 6.43. The zero-order valence-electron chi connectivity index (χ0n) is 30.3. The molecule has 53 heavy (non-hydrogen) atoms. The van der Waals surface area contributed by atoms with E-state index in [1.165, 1.54) is 10.8 Å². The van der Waals surface area contributed by atoms with Gasteiger partial charge in [0.25, 0.3) is 5.56 Å². The van der Waals surface area contributed by atoms with Crippen LogP contribution in [-0.2, 0) is 34.1 Å². The zero-order valence-corrected chi connectivity index (χ0v) is 30.3. The third kappa shape index (κ3) is 9.05. The van der Waals surface area contributed by atoms with Gasteiger partial charge < -0.3 is 33.5 Å². The lowest BCUT2D eigenvalue weighted by molar-refractivity contribution is -0.162. The van der Waals surface area contributed by atoms with Crippen LogP contribution in [0.15, 0.2) is 94.6 Å². The molecule has 1 saturated heterocycles. The van der Waals surface area contributed by atoms with Gasteiger partial charge in [-0.2, -0.15) is 0 Å². The number of rotatable bonds is 18. The molecule has 0 radical (unpaired) electrons. The van der Waals surface area contributed by atoms with Crippen molar-refractivity contribution in [1.82, 2.24) is 9.55 Å². The van der Waals surface area contributed by atoms with E-state index in [0.29, 0.717) is 17.9 Å². The van der Waals surface area contributed by atoms with Crippen molar-refractivity contribution in [3.63, 3.8) is 0 Å². The second-order valence-electron chi connectivity index (χ2n) is 12.7. The summed E-state index contributed by atoms with van der Waals surface area (Å²) in [6, 6.07) is 24.5. The van der Waals surface area contributed by atoms with Gasteiger partial charge in [-0.3, -0.25) is 23.9 Å². The maximum atomic E-state index is 13.2. The van der Waals surface area contributed by atoms with Gasteiger partial charge in [0.15, 0.2) is 12.3 Å². The van der Waals surface area contributed by atoms with E-state index in [4.69, 9.17) is 28.4 Å². The van der Waals surface area contributed by atoms with Crippen LogP contribution in [0.2, 0.25) is 0 Å². The number of methoxy groups -OCH3 is 2. The molecule has 0 bridgehead atoms. The third-order valence-corrected chi connectivity index (χ3v) is 9.21. The first kappa shape index (κ1) is 39.0. The molecular weight excluding hydrogens is 684 g/mol. The van der Waals surface area contributed by atoms with E-state index in [9.17, 15) is 24.3 Å². The van der Waals surface area contributed by atoms with E-state index >= 15 is 0 Å². The van der Waals surface area contributed by atoms with Crippen LogP contribution in [-0.4, -0.2) is 72.3 Å². The molecule has 4 aromatic rings. The summed E-state index contributed by atoms with van der Waals surface area (Å²) in [5.41, 5.74) is -0.0112. The highest BCUT2D eigenvalue weighted by Gasteiger charge is 2.51. The number of carboxylic acids is 1. The van der Waals surface area contributed by atoms with E-state index in [1.807, 2.05) is 78.9 Å². The number of ether oxygens (including phenoxy) is 6. The lowest BCUT2D eigenvalue weighted by Crippen LogP contribution is -2.43. The summed E-state index contributed by atoms with van der Waals surface area (Å²) in [6.45, 7) is 3.68. The SMILES string of the molecule is CCCCCOC1[C@@H](OC(=O)CCC(=O)O)[C@@H](COC(c2ccccc2)(c2ccc(OC)cc2)c2ccc(OC)cc2)O[C@H]1n1cc(C)c(=O)[nH]c1=O. The van der Waals surface area contributed by atoms with Gasteiger partial charge in [0, 0.05) is 18.4 Å². The molecule has 282 valence electrons. The van der Waals surface area contributed by atoms with Gasteiger partial charge >= 0.3 is 17.6 Å². The molecule has 1 aliphatic rings. The maximum absolute atomic E-state index is 13.2. The van der Waals surface area contributed by atoms with Gasteiger partial charge in [0.05, 0.1) is 33.7 Å². The van der Waals surface area contributed by atoms with E-state index < -0.39 is 66.2 Å². The summed E-state index contributed by atoms with van der Waals surface area (Å²) in [7, 11) is 3.17. The highest BCUT2D eigenvalue weighted by atomic mass is 16.6. The first-order chi connectivity index (χ1) is 25.6. The number of aromatic nitrogens is 2. The van der Waals surface area contributed by atoms with Crippen molar-refractivity contribution in [3.8, 4) is 11.5 Å². The van der Waals surface area contributed by atoms with Gasteiger partial charge in [0.2, 0.25) is 0 Å². The number of H-pyrrole nitrogens is 1. The summed E-state index contributed by atoms with van der Waals surface area (Å²) in [4.78, 5) is 52.4. The number of esters is 1. The standard InChI is InChI=1S/C40H46N2O11/c1-5-6-10-23-50-36-35(53-34(45)22-21-33(43)44)32(52-38(36)42-24-26(2)37(46)41-39(42)47)25-51-40(27-11-8-7-9-12-27,28-13-17-30(48-3)18-14-28)29-15-19-31(49-4)20-16-29/h7-9,11-20,24,32,35-36,38H,5-6,10,21-23,25H2,1-4H3,(H,43,44)(H,41,46,47)/t32-,35+,36?,38-/m1/s1. The highest BCUT2D eigenvalue weighted by molar-refractivity contribution is 5.76. The maximum Gasteiger partial charge on any atom is 0.330 e. The fourth-order valence-corrected chi connectivity index (χ4v) is 6.43. The summed E-state index contributed by atoms with van der Waals surface area (Å²) in [5, 5.41) is 9.27. The molecular formula is C40H46N2O11. The summed E-state index contributed by atoms with van der Waals surface area (Å²) >= 11 is 0. The Bertz CT molecular complexity index is 1880. The Morgan fingerprint density at radius 3 is 2.02 bits per heavy atom. The second kappa shape index (κ2) is 18.0. The first-order valence-corrected chi connectivity index (χ1v) is 17.6. The Balaban J connectivity index is 1.62. The number of carboxylic acid groups (broad SMARTS) is 1. The molecule has 5 rings (SSSR count). The molecule has 4 atom stereocenters. The molecule has 0 spiro atoms.